The van der Waals surface area contributed by atoms with Crippen LogP contribution in [0.4, 0.5) is 0 Å². The topological polar surface area (TPSA) is 55.1 Å². The number of hydrogen-bond acceptors (Lipinski definition) is 3. The van der Waals surface area contributed by atoms with Crippen molar-refractivity contribution >= 4 is 17.7 Å². The van der Waals surface area contributed by atoms with E-state index in [0.717, 1.165) is 13.0 Å². The lowest BCUT2D eigenvalue weighted by molar-refractivity contribution is -0.124. The number of nitrogens with one attached hydrogen (secondary N) is 1. The number of nitrogens with two attached hydrogens (primary N) is 1. The van der Waals surface area contributed by atoms with Gasteiger partial charge in [0.2, 0.25) is 5.91 Å². The number of thioether (sulfide) groups is 1. The number of hydrogen-bond donors (Lipinski definition) is 2. The highest BCUT2D eigenvalue weighted by Gasteiger charge is 2.26. The fourth-order valence-corrected chi connectivity index (χ4v) is 1.76. The zero-order valence-corrected chi connectivity index (χ0v) is 11.8. The number of amides is 1. The van der Waals surface area contributed by atoms with Crippen LogP contribution in [-0.4, -0.2) is 30.5 Å². The molecule has 0 heterocycles. The molecule has 0 radical (unpaired) electrons. The summed E-state index contributed by atoms with van der Waals surface area (Å²) >= 11 is 1.87. The summed E-state index contributed by atoms with van der Waals surface area (Å²) in [5, 5.41) is 2.90. The summed E-state index contributed by atoms with van der Waals surface area (Å²) in [6.07, 6.45) is 5.56. The number of carbonyl (C=O) groups excluding carboxylic acids is 1. The highest BCUT2D eigenvalue weighted by Crippen LogP contribution is 2.17. The highest BCUT2D eigenvalue weighted by atomic mass is 32.2. The third-order valence-electron chi connectivity index (χ3n) is 2.54. The van der Waals surface area contributed by atoms with Crippen molar-refractivity contribution in [3.63, 3.8) is 0 Å². The minimum absolute atomic E-state index is 0.0302. The molecule has 0 aliphatic heterocycles. The zero-order chi connectivity index (χ0) is 12.6. The molecular formula is C12H26N2OS. The molecule has 0 rings (SSSR count). The Morgan fingerprint density at radius 2 is 1.94 bits per heavy atom. The third kappa shape index (κ3) is 7.12. The molecule has 0 aromatic carbocycles. The normalized spacial score (nSPS) is 13.6. The van der Waals surface area contributed by atoms with Crippen molar-refractivity contribution in [2.45, 2.75) is 46.1 Å². The summed E-state index contributed by atoms with van der Waals surface area (Å²) in [7, 11) is 0. The van der Waals surface area contributed by atoms with Crippen molar-refractivity contribution < 1.29 is 4.79 Å². The Labute approximate surface area is 104 Å². The molecule has 0 aliphatic carbocycles. The van der Waals surface area contributed by atoms with Crippen LogP contribution < -0.4 is 11.1 Å². The Morgan fingerprint density at radius 3 is 2.44 bits per heavy atom. The molecular weight excluding hydrogens is 220 g/mol. The Morgan fingerprint density at radius 1 is 1.31 bits per heavy atom. The first-order valence-corrected chi connectivity index (χ1v) is 7.31. The van der Waals surface area contributed by atoms with Crippen LogP contribution in [0.15, 0.2) is 0 Å². The van der Waals surface area contributed by atoms with Gasteiger partial charge >= 0.3 is 0 Å². The van der Waals surface area contributed by atoms with Gasteiger partial charge in [0.05, 0.1) is 6.04 Å². The molecule has 0 fully saturated rings. The van der Waals surface area contributed by atoms with E-state index in [-0.39, 0.29) is 11.3 Å². The average Bonchev–Trinajstić information content (AvgIpc) is 2.20. The van der Waals surface area contributed by atoms with Gasteiger partial charge in [-0.05, 0) is 30.3 Å². The number of unbranched alkanes of at least 4 members (excludes halogenated alkanes) is 2. The molecule has 16 heavy (non-hydrogen) atoms. The van der Waals surface area contributed by atoms with Crippen LogP contribution in [0.25, 0.3) is 0 Å². The quantitative estimate of drug-likeness (QED) is 0.676. The molecule has 0 saturated carbocycles. The Balaban J connectivity index is 3.58. The van der Waals surface area contributed by atoms with Crippen LogP contribution in [0.1, 0.15) is 40.0 Å². The van der Waals surface area contributed by atoms with Crippen LogP contribution in [0, 0.1) is 5.41 Å². The van der Waals surface area contributed by atoms with Crippen LogP contribution in [0.3, 0.4) is 0 Å². The highest BCUT2D eigenvalue weighted by molar-refractivity contribution is 7.98. The molecule has 1 amide bonds. The van der Waals surface area contributed by atoms with E-state index in [4.69, 9.17) is 5.73 Å². The van der Waals surface area contributed by atoms with E-state index >= 15 is 0 Å². The fraction of sp³-hybridized carbons (Fsp3) is 0.917. The molecule has 0 unspecified atom stereocenters. The Hall–Kier alpha value is -0.220. The maximum atomic E-state index is 11.6. The minimum atomic E-state index is -0.418. The summed E-state index contributed by atoms with van der Waals surface area (Å²) in [4.78, 5) is 11.6. The van der Waals surface area contributed by atoms with Gasteiger partial charge in [0, 0.05) is 6.54 Å². The van der Waals surface area contributed by atoms with Gasteiger partial charge in [0.25, 0.3) is 0 Å². The maximum Gasteiger partial charge on any atom is 0.237 e. The summed E-state index contributed by atoms with van der Waals surface area (Å²) in [5.74, 6) is 1.17. The van der Waals surface area contributed by atoms with Gasteiger partial charge in [-0.15, -0.1) is 0 Å². The Bertz CT molecular complexity index is 202. The molecule has 3 N–H and O–H groups in total. The lowest BCUT2D eigenvalue weighted by Crippen LogP contribution is -2.48. The molecule has 0 aromatic rings. The average molecular weight is 246 g/mol. The number of carbonyl (C=O) groups is 1. The van der Waals surface area contributed by atoms with Crippen LogP contribution >= 0.6 is 11.8 Å². The van der Waals surface area contributed by atoms with Crippen LogP contribution in [0.5, 0.6) is 0 Å². The van der Waals surface area contributed by atoms with Gasteiger partial charge in [-0.1, -0.05) is 27.2 Å². The summed E-state index contributed by atoms with van der Waals surface area (Å²) in [6, 6.07) is -0.418. The summed E-state index contributed by atoms with van der Waals surface area (Å²) < 4.78 is 0. The van der Waals surface area contributed by atoms with Gasteiger partial charge in [0.1, 0.15) is 0 Å². The Kier molecular flexibility index (Phi) is 7.85. The zero-order valence-electron chi connectivity index (χ0n) is 11.0. The van der Waals surface area contributed by atoms with Crippen molar-refractivity contribution in [3.8, 4) is 0 Å². The van der Waals surface area contributed by atoms with Gasteiger partial charge in [0.15, 0.2) is 0 Å². The summed E-state index contributed by atoms with van der Waals surface area (Å²) in [5.41, 5.74) is 5.68. The molecule has 3 nitrogen and oxygen atoms in total. The van der Waals surface area contributed by atoms with E-state index in [9.17, 15) is 4.79 Å². The van der Waals surface area contributed by atoms with Crippen LogP contribution in [0.2, 0.25) is 0 Å². The largest absolute Gasteiger partial charge is 0.355 e. The monoisotopic (exact) mass is 246 g/mol. The molecule has 1 atom stereocenters. The molecule has 0 aliphatic rings. The van der Waals surface area contributed by atoms with Gasteiger partial charge in [-0.25, -0.2) is 0 Å². The molecule has 96 valence electrons. The van der Waals surface area contributed by atoms with Gasteiger partial charge in [-0.3, -0.25) is 4.79 Å². The summed E-state index contributed by atoms with van der Waals surface area (Å²) in [6.45, 7) is 6.69. The van der Waals surface area contributed by atoms with E-state index in [1.54, 1.807) is 0 Å². The maximum absolute atomic E-state index is 11.6. The van der Waals surface area contributed by atoms with Crippen molar-refractivity contribution in [1.29, 1.82) is 0 Å². The van der Waals surface area contributed by atoms with Crippen molar-refractivity contribution in [2.24, 2.45) is 11.1 Å². The SMILES string of the molecule is CSCCCCCNC(=O)[C@H](N)C(C)(C)C. The van der Waals surface area contributed by atoms with Crippen molar-refractivity contribution in [3.05, 3.63) is 0 Å². The number of rotatable bonds is 7. The first kappa shape index (κ1) is 15.8. The van der Waals surface area contributed by atoms with E-state index in [1.807, 2.05) is 32.5 Å². The van der Waals surface area contributed by atoms with E-state index < -0.39 is 6.04 Å². The molecule has 0 aromatic heterocycles. The second kappa shape index (κ2) is 7.96. The predicted molar refractivity (Wildman–Crippen MR) is 72.7 cm³/mol. The van der Waals surface area contributed by atoms with Crippen molar-refractivity contribution in [1.82, 2.24) is 5.32 Å². The predicted octanol–water partition coefficient (Wildman–Crippen LogP) is 2.01. The van der Waals surface area contributed by atoms with Gasteiger partial charge < -0.3 is 11.1 Å². The standard InChI is InChI=1S/C12H26N2OS/c1-12(2,3)10(13)11(15)14-8-6-5-7-9-16-4/h10H,5-9,13H2,1-4H3,(H,14,15)/t10-/m0/s1. The molecule has 0 spiro atoms. The fourth-order valence-electron chi connectivity index (χ4n) is 1.26. The van der Waals surface area contributed by atoms with Crippen LogP contribution in [-0.2, 0) is 4.79 Å². The lowest BCUT2D eigenvalue weighted by atomic mass is 9.87. The third-order valence-corrected chi connectivity index (χ3v) is 3.24. The molecule has 0 saturated heterocycles. The molecule has 4 heteroatoms. The van der Waals surface area contributed by atoms with Crippen molar-refractivity contribution in [2.75, 3.05) is 18.6 Å². The first-order chi connectivity index (χ1) is 7.39. The minimum Gasteiger partial charge on any atom is -0.355 e. The van der Waals surface area contributed by atoms with E-state index in [1.165, 1.54) is 18.6 Å². The van der Waals surface area contributed by atoms with Gasteiger partial charge in [-0.2, -0.15) is 11.8 Å². The van der Waals surface area contributed by atoms with E-state index in [0.29, 0.717) is 0 Å². The second-order valence-corrected chi connectivity index (χ2v) is 6.17. The smallest absolute Gasteiger partial charge is 0.237 e. The second-order valence-electron chi connectivity index (χ2n) is 5.19. The van der Waals surface area contributed by atoms with E-state index in [2.05, 4.69) is 11.6 Å². The lowest BCUT2D eigenvalue weighted by Gasteiger charge is -2.25. The first-order valence-electron chi connectivity index (χ1n) is 5.92. The molecule has 0 bridgehead atoms.